The molecule has 0 aliphatic carbocycles. The van der Waals surface area contributed by atoms with Crippen LogP contribution in [0.3, 0.4) is 0 Å². The summed E-state index contributed by atoms with van der Waals surface area (Å²) in [5, 5.41) is 10.4. The van der Waals surface area contributed by atoms with Crippen LogP contribution in [0.2, 0.25) is 0 Å². The van der Waals surface area contributed by atoms with Crippen LogP contribution in [0.25, 0.3) is 0 Å². The number of benzene rings is 1. The first kappa shape index (κ1) is 24.4. The second-order valence-electron chi connectivity index (χ2n) is 6.28. The Kier molecular flexibility index (Phi) is 9.90. The Morgan fingerprint density at radius 1 is 1.25 bits per heavy atom. The zero-order chi connectivity index (χ0) is 19.9. The van der Waals surface area contributed by atoms with Crippen LogP contribution >= 0.6 is 24.0 Å². The molecule has 0 saturated carbocycles. The molecule has 28 heavy (non-hydrogen) atoms. The fourth-order valence-corrected chi connectivity index (χ4v) is 3.10. The molecule has 0 aliphatic heterocycles. The number of sulfonamides is 1. The van der Waals surface area contributed by atoms with Gasteiger partial charge < -0.3 is 15.2 Å². The van der Waals surface area contributed by atoms with Crippen molar-refractivity contribution in [1.29, 1.82) is 0 Å². The number of hydrogen-bond acceptors (Lipinski definition) is 5. The summed E-state index contributed by atoms with van der Waals surface area (Å²) >= 11 is 0. The van der Waals surface area contributed by atoms with Gasteiger partial charge in [0, 0.05) is 12.6 Å². The number of guanidine groups is 1. The number of nitrogens with one attached hydrogen (secondary N) is 3. The Bertz CT molecular complexity index is 881. The third kappa shape index (κ3) is 7.06. The summed E-state index contributed by atoms with van der Waals surface area (Å²) in [5.41, 5.74) is 1.71. The normalized spacial score (nSPS) is 12.0. The maximum atomic E-state index is 11.9. The minimum absolute atomic E-state index is 0. The molecule has 0 fully saturated rings. The number of rotatable bonds is 8. The highest BCUT2D eigenvalue weighted by Crippen LogP contribution is 2.14. The average molecular weight is 521 g/mol. The highest BCUT2D eigenvalue weighted by atomic mass is 127. The first-order valence-electron chi connectivity index (χ1n) is 8.86. The Balaban J connectivity index is 0.00000392. The van der Waals surface area contributed by atoms with Gasteiger partial charge in [0.1, 0.15) is 0 Å². The Morgan fingerprint density at radius 2 is 2.00 bits per heavy atom. The van der Waals surface area contributed by atoms with E-state index in [-0.39, 0.29) is 28.9 Å². The van der Waals surface area contributed by atoms with Crippen molar-refractivity contribution in [3.63, 3.8) is 0 Å². The first-order valence-corrected chi connectivity index (χ1v) is 10.3. The van der Waals surface area contributed by atoms with Crippen molar-refractivity contribution in [2.45, 2.75) is 44.7 Å². The molecule has 2 rings (SSSR count). The maximum absolute atomic E-state index is 11.9. The topological polar surface area (TPSA) is 109 Å². The molecule has 1 aromatic carbocycles. The largest absolute Gasteiger partial charge is 0.359 e. The second-order valence-corrected chi connectivity index (χ2v) is 8.16. The second kappa shape index (κ2) is 11.4. The van der Waals surface area contributed by atoms with Gasteiger partial charge in [-0.1, -0.05) is 31.1 Å². The van der Waals surface area contributed by atoms with Crippen molar-refractivity contribution < 1.29 is 12.9 Å². The number of halogens is 1. The number of nitrogens with zero attached hydrogens (tertiary/aromatic N) is 2. The lowest BCUT2D eigenvalue weighted by Gasteiger charge is -2.10. The van der Waals surface area contributed by atoms with E-state index >= 15 is 0 Å². The van der Waals surface area contributed by atoms with E-state index in [2.05, 4.69) is 39.4 Å². The lowest BCUT2D eigenvalue weighted by molar-refractivity contribution is 0.372. The van der Waals surface area contributed by atoms with Gasteiger partial charge in [-0.2, -0.15) is 0 Å². The highest BCUT2D eigenvalue weighted by Gasteiger charge is 2.11. The molecule has 10 heteroatoms. The van der Waals surface area contributed by atoms with Gasteiger partial charge in [0.15, 0.2) is 11.7 Å². The summed E-state index contributed by atoms with van der Waals surface area (Å²) in [7, 11) is -2.08. The molecule has 0 spiro atoms. The first-order chi connectivity index (χ1) is 12.9. The lowest BCUT2D eigenvalue weighted by atomic mass is 10.1. The lowest BCUT2D eigenvalue weighted by Crippen LogP contribution is -2.36. The molecule has 1 aromatic heterocycles. The Morgan fingerprint density at radius 3 is 2.61 bits per heavy atom. The van der Waals surface area contributed by atoms with E-state index in [0.717, 1.165) is 17.0 Å². The summed E-state index contributed by atoms with van der Waals surface area (Å²) in [5.74, 6) is 1.65. The predicted molar refractivity (Wildman–Crippen MR) is 120 cm³/mol. The summed E-state index contributed by atoms with van der Waals surface area (Å²) in [6.45, 7) is 7.60. The molecule has 0 aliphatic rings. The molecule has 0 atom stereocenters. The zero-order valence-electron chi connectivity index (χ0n) is 16.5. The summed E-state index contributed by atoms with van der Waals surface area (Å²) in [6, 6.07) is 8.64. The number of hydrogen-bond donors (Lipinski definition) is 3. The predicted octanol–water partition coefficient (Wildman–Crippen LogP) is 2.58. The molecule has 0 amide bonds. The van der Waals surface area contributed by atoms with Crippen molar-refractivity contribution in [3.8, 4) is 0 Å². The van der Waals surface area contributed by atoms with Gasteiger partial charge in [-0.3, -0.25) is 0 Å². The SMILES string of the molecule is CCNC(=NCc1cccc(S(=O)(=O)NC)c1)NCc1cc(C(C)C)no1.I. The number of aromatic nitrogens is 1. The molecule has 0 radical (unpaired) electrons. The van der Waals surface area contributed by atoms with E-state index in [1.165, 1.54) is 7.05 Å². The molecular formula is C18H28IN5O3S. The fraction of sp³-hybridized carbons (Fsp3) is 0.444. The molecular weight excluding hydrogens is 493 g/mol. The van der Waals surface area contributed by atoms with Crippen molar-refractivity contribution in [2.24, 2.45) is 4.99 Å². The van der Waals surface area contributed by atoms with Crippen LogP contribution in [-0.4, -0.2) is 33.1 Å². The molecule has 0 unspecified atom stereocenters. The van der Waals surface area contributed by atoms with Crippen molar-refractivity contribution in [2.75, 3.05) is 13.6 Å². The van der Waals surface area contributed by atoms with Gasteiger partial charge in [0.2, 0.25) is 10.0 Å². The Hall–Kier alpha value is -1.66. The van der Waals surface area contributed by atoms with E-state index in [4.69, 9.17) is 4.52 Å². The van der Waals surface area contributed by atoms with Gasteiger partial charge in [-0.15, -0.1) is 24.0 Å². The molecule has 1 heterocycles. The molecule has 3 N–H and O–H groups in total. The summed E-state index contributed by atoms with van der Waals surface area (Å²) < 4.78 is 31.5. The maximum Gasteiger partial charge on any atom is 0.240 e. The van der Waals surface area contributed by atoms with Crippen LogP contribution in [0.1, 0.15) is 43.7 Å². The molecule has 0 saturated heterocycles. The van der Waals surface area contributed by atoms with Gasteiger partial charge in [-0.05, 0) is 37.6 Å². The Labute approximate surface area is 183 Å². The van der Waals surface area contributed by atoms with Crippen LogP contribution < -0.4 is 15.4 Å². The van der Waals surface area contributed by atoms with Crippen molar-refractivity contribution >= 4 is 40.0 Å². The van der Waals surface area contributed by atoms with E-state index in [1.807, 2.05) is 19.1 Å². The monoisotopic (exact) mass is 521 g/mol. The molecule has 156 valence electrons. The van der Waals surface area contributed by atoms with Gasteiger partial charge in [0.25, 0.3) is 0 Å². The zero-order valence-corrected chi connectivity index (χ0v) is 19.7. The van der Waals surface area contributed by atoms with E-state index in [1.54, 1.807) is 18.2 Å². The van der Waals surface area contributed by atoms with Crippen molar-refractivity contribution in [1.82, 2.24) is 20.5 Å². The van der Waals surface area contributed by atoms with Gasteiger partial charge >= 0.3 is 0 Å². The van der Waals surface area contributed by atoms with Crippen LogP contribution in [-0.2, 0) is 23.1 Å². The minimum atomic E-state index is -3.47. The number of aliphatic imine (C=N–C) groups is 1. The fourth-order valence-electron chi connectivity index (χ4n) is 2.30. The summed E-state index contributed by atoms with van der Waals surface area (Å²) in [6.07, 6.45) is 0. The standard InChI is InChI=1S/C18H27N5O3S.HI/c1-5-20-18(22-12-15-10-17(13(2)3)23-26-15)21-11-14-7-6-8-16(9-14)27(24,25)19-4;/h6-10,13,19H,5,11-12H2,1-4H3,(H2,20,21,22);1H. The average Bonchev–Trinajstić information content (AvgIpc) is 3.13. The molecule has 8 nitrogen and oxygen atoms in total. The van der Waals surface area contributed by atoms with Gasteiger partial charge in [-0.25, -0.2) is 18.1 Å². The van der Waals surface area contributed by atoms with E-state index in [0.29, 0.717) is 31.5 Å². The van der Waals surface area contributed by atoms with Crippen molar-refractivity contribution in [3.05, 3.63) is 47.3 Å². The van der Waals surface area contributed by atoms with E-state index < -0.39 is 10.0 Å². The summed E-state index contributed by atoms with van der Waals surface area (Å²) in [4.78, 5) is 4.73. The van der Waals surface area contributed by atoms with Gasteiger partial charge in [0.05, 0.1) is 23.7 Å². The van der Waals surface area contributed by atoms with E-state index in [9.17, 15) is 8.42 Å². The smallest absolute Gasteiger partial charge is 0.240 e. The quantitative estimate of drug-likeness (QED) is 0.280. The van der Waals surface area contributed by atoms with Crippen LogP contribution in [0.5, 0.6) is 0 Å². The van der Waals surface area contributed by atoms with Crippen LogP contribution in [0, 0.1) is 0 Å². The molecule has 0 bridgehead atoms. The minimum Gasteiger partial charge on any atom is -0.359 e. The molecule has 2 aromatic rings. The third-order valence-electron chi connectivity index (χ3n) is 3.84. The highest BCUT2D eigenvalue weighted by molar-refractivity contribution is 14.0. The van der Waals surface area contributed by atoms with Crippen LogP contribution in [0.4, 0.5) is 0 Å². The third-order valence-corrected chi connectivity index (χ3v) is 5.25. The van der Waals surface area contributed by atoms with Crippen LogP contribution in [0.15, 0.2) is 44.7 Å².